The molecule has 76 valence electrons. The summed E-state index contributed by atoms with van der Waals surface area (Å²) in [6.45, 7) is 2.08. The van der Waals surface area contributed by atoms with Crippen LogP contribution in [0.1, 0.15) is 29.1 Å². The van der Waals surface area contributed by atoms with Gasteiger partial charge in [-0.15, -0.1) is 11.3 Å². The van der Waals surface area contributed by atoms with Crippen LogP contribution in [-0.4, -0.2) is 23.9 Å². The van der Waals surface area contributed by atoms with Crippen molar-refractivity contribution >= 4 is 17.1 Å². The Hall–Kier alpha value is -0.740. The molecule has 0 spiro atoms. The van der Waals surface area contributed by atoms with E-state index in [4.69, 9.17) is 0 Å². The summed E-state index contributed by atoms with van der Waals surface area (Å²) in [6.07, 6.45) is 4.71. The smallest absolute Gasteiger partial charge is 0.191 e. The zero-order valence-corrected chi connectivity index (χ0v) is 8.85. The summed E-state index contributed by atoms with van der Waals surface area (Å²) in [5.74, 6) is 0.717. The highest BCUT2D eigenvalue weighted by Gasteiger charge is 2.18. The Kier molecular flexibility index (Phi) is 3.26. The summed E-state index contributed by atoms with van der Waals surface area (Å²) in [7, 11) is 0. The van der Waals surface area contributed by atoms with Gasteiger partial charge in [-0.3, -0.25) is 4.79 Å². The molecule has 1 aromatic heterocycles. The maximum Gasteiger partial charge on any atom is 0.191 e. The number of piperidine rings is 1. The normalized spacial score (nSPS) is 22.1. The molecule has 1 saturated heterocycles. The molecule has 2 rings (SSSR count). The number of carbonyl (C=O) groups excluding carboxylic acids is 1. The average molecular weight is 210 g/mol. The van der Waals surface area contributed by atoms with Gasteiger partial charge in [-0.05, 0) is 31.8 Å². The van der Waals surface area contributed by atoms with Crippen molar-refractivity contribution in [1.82, 2.24) is 10.3 Å². The monoisotopic (exact) mass is 210 g/mol. The third-order valence-electron chi connectivity index (χ3n) is 2.54. The van der Waals surface area contributed by atoms with Crippen molar-refractivity contribution in [1.29, 1.82) is 0 Å². The van der Waals surface area contributed by atoms with Crippen molar-refractivity contribution in [3.63, 3.8) is 0 Å². The van der Waals surface area contributed by atoms with Gasteiger partial charge in [0, 0.05) is 18.0 Å². The number of nitrogens with zero attached hydrogens (tertiary/aromatic N) is 1. The fourth-order valence-electron chi connectivity index (χ4n) is 1.81. The first-order chi connectivity index (χ1) is 6.86. The van der Waals surface area contributed by atoms with Crippen LogP contribution < -0.4 is 5.32 Å². The van der Waals surface area contributed by atoms with Crippen LogP contribution in [0.15, 0.2) is 11.6 Å². The van der Waals surface area contributed by atoms with E-state index in [1.165, 1.54) is 24.2 Å². The Morgan fingerprint density at radius 1 is 1.71 bits per heavy atom. The van der Waals surface area contributed by atoms with Gasteiger partial charge in [-0.25, -0.2) is 4.98 Å². The van der Waals surface area contributed by atoms with Crippen molar-refractivity contribution in [2.24, 2.45) is 5.92 Å². The molecule has 0 aliphatic carbocycles. The first-order valence-electron chi connectivity index (χ1n) is 4.99. The van der Waals surface area contributed by atoms with Crippen molar-refractivity contribution in [3.8, 4) is 0 Å². The maximum absolute atomic E-state index is 11.7. The van der Waals surface area contributed by atoms with Crippen LogP contribution in [0.2, 0.25) is 0 Å². The number of rotatable bonds is 3. The lowest BCUT2D eigenvalue weighted by Gasteiger charge is -2.21. The van der Waals surface area contributed by atoms with Crippen molar-refractivity contribution in [3.05, 3.63) is 16.6 Å². The Labute approximate surface area is 87.6 Å². The van der Waals surface area contributed by atoms with Gasteiger partial charge in [0.1, 0.15) is 0 Å². The van der Waals surface area contributed by atoms with E-state index in [2.05, 4.69) is 10.3 Å². The van der Waals surface area contributed by atoms with Gasteiger partial charge in [0.2, 0.25) is 0 Å². The second-order valence-corrected chi connectivity index (χ2v) is 4.57. The zero-order chi connectivity index (χ0) is 9.80. The Bertz CT molecular complexity index is 291. The van der Waals surface area contributed by atoms with Gasteiger partial charge in [0.15, 0.2) is 10.8 Å². The van der Waals surface area contributed by atoms with E-state index >= 15 is 0 Å². The third kappa shape index (κ3) is 2.39. The second-order valence-electron chi connectivity index (χ2n) is 3.68. The molecule has 1 aromatic rings. The van der Waals surface area contributed by atoms with E-state index < -0.39 is 0 Å². The summed E-state index contributed by atoms with van der Waals surface area (Å²) in [5.41, 5.74) is 0. The number of thiazole rings is 1. The van der Waals surface area contributed by atoms with Gasteiger partial charge >= 0.3 is 0 Å². The number of ketones is 1. The molecule has 1 aliphatic heterocycles. The Morgan fingerprint density at radius 2 is 2.64 bits per heavy atom. The lowest BCUT2D eigenvalue weighted by molar-refractivity contribution is 0.0953. The molecular weight excluding hydrogens is 196 g/mol. The minimum absolute atomic E-state index is 0.203. The number of hydrogen-bond donors (Lipinski definition) is 1. The van der Waals surface area contributed by atoms with Crippen LogP contribution in [0.3, 0.4) is 0 Å². The number of nitrogens with one attached hydrogen (secondary N) is 1. The highest BCUT2D eigenvalue weighted by molar-refractivity contribution is 7.11. The molecule has 0 bridgehead atoms. The lowest BCUT2D eigenvalue weighted by Crippen LogP contribution is -2.31. The van der Waals surface area contributed by atoms with Gasteiger partial charge in [0.05, 0.1) is 0 Å². The minimum Gasteiger partial charge on any atom is -0.316 e. The van der Waals surface area contributed by atoms with Crippen LogP contribution >= 0.6 is 11.3 Å². The molecule has 0 saturated carbocycles. The fraction of sp³-hybridized carbons (Fsp3) is 0.600. The molecular formula is C10H14N2OS. The van der Waals surface area contributed by atoms with Gasteiger partial charge < -0.3 is 5.32 Å². The SMILES string of the molecule is O=C(C[C@@H]1CCCNC1)c1nccs1. The molecule has 3 nitrogen and oxygen atoms in total. The molecule has 1 N–H and O–H groups in total. The predicted molar refractivity (Wildman–Crippen MR) is 56.7 cm³/mol. The third-order valence-corrected chi connectivity index (χ3v) is 3.36. The molecule has 1 fully saturated rings. The Balaban J connectivity index is 1.87. The van der Waals surface area contributed by atoms with E-state index in [0.29, 0.717) is 17.3 Å². The van der Waals surface area contributed by atoms with Gasteiger partial charge in [0.25, 0.3) is 0 Å². The molecule has 0 amide bonds. The largest absolute Gasteiger partial charge is 0.316 e. The van der Waals surface area contributed by atoms with Crippen molar-refractivity contribution in [2.45, 2.75) is 19.3 Å². The molecule has 0 radical (unpaired) electrons. The predicted octanol–water partition coefficient (Wildman–Crippen LogP) is 1.72. The van der Waals surface area contributed by atoms with E-state index in [-0.39, 0.29) is 5.78 Å². The Morgan fingerprint density at radius 3 is 3.29 bits per heavy atom. The minimum atomic E-state index is 0.203. The summed E-state index contributed by atoms with van der Waals surface area (Å²) < 4.78 is 0. The average Bonchev–Trinajstić information content (AvgIpc) is 2.72. The first kappa shape index (κ1) is 9.80. The van der Waals surface area contributed by atoms with Gasteiger partial charge in [-0.1, -0.05) is 0 Å². The summed E-state index contributed by atoms with van der Waals surface area (Å²) in [5, 5.41) is 5.83. The number of hydrogen-bond acceptors (Lipinski definition) is 4. The second kappa shape index (κ2) is 4.66. The maximum atomic E-state index is 11.7. The molecule has 0 aromatic carbocycles. The molecule has 2 heterocycles. The number of aromatic nitrogens is 1. The quantitative estimate of drug-likeness (QED) is 0.772. The standard InChI is InChI=1S/C10H14N2OS/c13-9(10-12-4-5-14-10)6-8-2-1-3-11-7-8/h4-5,8,11H,1-3,6-7H2/t8-/m0/s1. The molecule has 4 heteroatoms. The van der Waals surface area contributed by atoms with Crippen LogP contribution in [0.4, 0.5) is 0 Å². The highest BCUT2D eigenvalue weighted by atomic mass is 32.1. The molecule has 1 atom stereocenters. The van der Waals surface area contributed by atoms with E-state index in [1.807, 2.05) is 5.38 Å². The fourth-order valence-corrected chi connectivity index (χ4v) is 2.40. The number of Topliss-reactive ketones (excluding diaryl/α,β-unsaturated/α-hetero) is 1. The van der Waals surface area contributed by atoms with Crippen molar-refractivity contribution < 1.29 is 4.79 Å². The van der Waals surface area contributed by atoms with E-state index in [9.17, 15) is 4.79 Å². The molecule has 14 heavy (non-hydrogen) atoms. The first-order valence-corrected chi connectivity index (χ1v) is 5.87. The lowest BCUT2D eigenvalue weighted by atomic mass is 9.94. The summed E-state index contributed by atoms with van der Waals surface area (Å²) in [6, 6.07) is 0. The van der Waals surface area contributed by atoms with Crippen LogP contribution in [-0.2, 0) is 0 Å². The summed E-state index contributed by atoms with van der Waals surface area (Å²) in [4.78, 5) is 15.7. The van der Waals surface area contributed by atoms with E-state index in [0.717, 1.165) is 13.1 Å². The zero-order valence-electron chi connectivity index (χ0n) is 8.03. The van der Waals surface area contributed by atoms with E-state index in [1.54, 1.807) is 6.20 Å². The number of carbonyl (C=O) groups is 1. The van der Waals surface area contributed by atoms with Gasteiger partial charge in [-0.2, -0.15) is 0 Å². The topological polar surface area (TPSA) is 42.0 Å². The van der Waals surface area contributed by atoms with Crippen LogP contribution in [0, 0.1) is 5.92 Å². The van der Waals surface area contributed by atoms with Crippen LogP contribution in [0.25, 0.3) is 0 Å². The van der Waals surface area contributed by atoms with Crippen molar-refractivity contribution in [2.75, 3.05) is 13.1 Å². The van der Waals surface area contributed by atoms with Crippen LogP contribution in [0.5, 0.6) is 0 Å². The summed E-state index contributed by atoms with van der Waals surface area (Å²) >= 11 is 1.44. The molecule has 0 unspecified atom stereocenters. The molecule has 1 aliphatic rings. The highest BCUT2D eigenvalue weighted by Crippen LogP contribution is 2.17.